The fourth-order valence-electron chi connectivity index (χ4n) is 3.88. The Hall–Kier alpha value is -1.30. The molecule has 2 saturated heterocycles. The molecule has 0 aromatic carbocycles. The molecule has 2 unspecified atom stereocenters. The van der Waals surface area contributed by atoms with E-state index in [0.29, 0.717) is 18.3 Å². The molecule has 2 aliphatic rings. The zero-order chi connectivity index (χ0) is 16.7. The Morgan fingerprint density at radius 2 is 2.09 bits per heavy atom. The monoisotopic (exact) mass is 323 g/mol. The summed E-state index contributed by atoms with van der Waals surface area (Å²) in [5.74, 6) is 1.87. The second-order valence-electron chi connectivity index (χ2n) is 7.01. The van der Waals surface area contributed by atoms with Gasteiger partial charge in [-0.25, -0.2) is 0 Å². The maximum atomic E-state index is 11.2. The van der Waals surface area contributed by atoms with Gasteiger partial charge in [0.05, 0.1) is 0 Å². The van der Waals surface area contributed by atoms with Crippen molar-refractivity contribution in [2.75, 3.05) is 46.3 Å². The second-order valence-corrected chi connectivity index (χ2v) is 7.01. The van der Waals surface area contributed by atoms with Gasteiger partial charge in [0.2, 0.25) is 5.91 Å². The average Bonchev–Trinajstić information content (AvgIpc) is 2.96. The average molecular weight is 323 g/mol. The van der Waals surface area contributed by atoms with Gasteiger partial charge in [0.15, 0.2) is 5.96 Å². The fraction of sp³-hybridized carbons (Fsp3) is 0.882. The molecule has 132 valence electrons. The van der Waals surface area contributed by atoms with Gasteiger partial charge in [-0.05, 0) is 50.6 Å². The number of nitrogens with two attached hydrogens (primary N) is 1. The highest BCUT2D eigenvalue weighted by atomic mass is 16.1. The van der Waals surface area contributed by atoms with E-state index in [1.54, 1.807) is 0 Å². The van der Waals surface area contributed by atoms with Gasteiger partial charge in [-0.15, -0.1) is 0 Å². The number of nitrogens with one attached hydrogen (secondary N) is 1. The van der Waals surface area contributed by atoms with Crippen LogP contribution < -0.4 is 11.1 Å². The van der Waals surface area contributed by atoms with Crippen molar-refractivity contribution in [3.63, 3.8) is 0 Å². The summed E-state index contributed by atoms with van der Waals surface area (Å²) in [4.78, 5) is 20.4. The SMILES string of the molecule is CCCN1CCC(CNC(=NC)N2CCCC(CC(N)=O)C2)C1. The summed E-state index contributed by atoms with van der Waals surface area (Å²) < 4.78 is 0. The van der Waals surface area contributed by atoms with Crippen molar-refractivity contribution in [2.45, 2.75) is 39.0 Å². The molecule has 0 bridgehead atoms. The first-order valence-electron chi connectivity index (χ1n) is 9.08. The molecule has 3 N–H and O–H groups in total. The van der Waals surface area contributed by atoms with E-state index in [1.807, 2.05) is 7.05 Å². The Balaban J connectivity index is 1.77. The van der Waals surface area contributed by atoms with Crippen LogP contribution in [-0.4, -0.2) is 68.0 Å². The molecule has 0 aromatic heterocycles. The summed E-state index contributed by atoms with van der Waals surface area (Å²) >= 11 is 0. The first kappa shape index (κ1) is 18.0. The molecule has 2 heterocycles. The molecule has 6 nitrogen and oxygen atoms in total. The zero-order valence-corrected chi connectivity index (χ0v) is 14.8. The first-order valence-corrected chi connectivity index (χ1v) is 9.08. The molecule has 2 aliphatic heterocycles. The van der Waals surface area contributed by atoms with Crippen LogP contribution in [0.5, 0.6) is 0 Å². The molecule has 6 heteroatoms. The van der Waals surface area contributed by atoms with Crippen LogP contribution in [0.4, 0.5) is 0 Å². The lowest BCUT2D eigenvalue weighted by molar-refractivity contribution is -0.119. The molecule has 0 aliphatic carbocycles. The molecular formula is C17H33N5O. The summed E-state index contributed by atoms with van der Waals surface area (Å²) in [6, 6.07) is 0. The maximum absolute atomic E-state index is 11.2. The molecule has 0 saturated carbocycles. The molecule has 0 spiro atoms. The maximum Gasteiger partial charge on any atom is 0.217 e. The summed E-state index contributed by atoms with van der Waals surface area (Å²) in [6.45, 7) is 8.77. The van der Waals surface area contributed by atoms with E-state index in [2.05, 4.69) is 27.0 Å². The van der Waals surface area contributed by atoms with Gasteiger partial charge in [0, 0.05) is 39.6 Å². The number of piperidine rings is 1. The van der Waals surface area contributed by atoms with Crippen molar-refractivity contribution in [1.82, 2.24) is 15.1 Å². The lowest BCUT2D eigenvalue weighted by atomic mass is 9.95. The zero-order valence-electron chi connectivity index (χ0n) is 14.8. The number of hydrogen-bond donors (Lipinski definition) is 2. The first-order chi connectivity index (χ1) is 11.1. The third kappa shape index (κ3) is 5.68. The van der Waals surface area contributed by atoms with E-state index in [4.69, 9.17) is 5.73 Å². The highest BCUT2D eigenvalue weighted by molar-refractivity contribution is 5.80. The Kier molecular flexibility index (Phi) is 7.15. The number of likely N-dealkylation sites (tertiary alicyclic amines) is 2. The third-order valence-corrected chi connectivity index (χ3v) is 4.98. The van der Waals surface area contributed by atoms with E-state index in [-0.39, 0.29) is 5.91 Å². The smallest absolute Gasteiger partial charge is 0.217 e. The van der Waals surface area contributed by atoms with Crippen molar-refractivity contribution in [2.24, 2.45) is 22.6 Å². The van der Waals surface area contributed by atoms with Gasteiger partial charge < -0.3 is 20.9 Å². The highest BCUT2D eigenvalue weighted by Gasteiger charge is 2.25. The summed E-state index contributed by atoms with van der Waals surface area (Å²) in [5.41, 5.74) is 5.35. The lowest BCUT2D eigenvalue weighted by Crippen LogP contribution is -2.48. The van der Waals surface area contributed by atoms with Gasteiger partial charge in [0.1, 0.15) is 0 Å². The Morgan fingerprint density at radius 1 is 1.26 bits per heavy atom. The number of hydrogen-bond acceptors (Lipinski definition) is 3. The lowest BCUT2D eigenvalue weighted by Gasteiger charge is -2.35. The van der Waals surface area contributed by atoms with Crippen LogP contribution in [0.3, 0.4) is 0 Å². The minimum Gasteiger partial charge on any atom is -0.370 e. The van der Waals surface area contributed by atoms with Crippen LogP contribution in [0.15, 0.2) is 4.99 Å². The molecule has 0 radical (unpaired) electrons. The van der Waals surface area contributed by atoms with Crippen LogP contribution in [0, 0.1) is 11.8 Å². The molecule has 0 aromatic rings. The van der Waals surface area contributed by atoms with Crippen LogP contribution >= 0.6 is 0 Å². The van der Waals surface area contributed by atoms with Crippen LogP contribution in [0.25, 0.3) is 0 Å². The van der Waals surface area contributed by atoms with Gasteiger partial charge in [-0.2, -0.15) is 0 Å². The number of amides is 1. The summed E-state index contributed by atoms with van der Waals surface area (Å²) in [6.07, 6.45) is 5.19. The van der Waals surface area contributed by atoms with Gasteiger partial charge in [-0.3, -0.25) is 9.79 Å². The topological polar surface area (TPSA) is 74.0 Å². The minimum atomic E-state index is -0.193. The van der Waals surface area contributed by atoms with Crippen molar-refractivity contribution in [3.05, 3.63) is 0 Å². The third-order valence-electron chi connectivity index (χ3n) is 4.98. The number of aliphatic imine (C=N–C) groups is 1. The molecule has 1 amide bonds. The number of guanidine groups is 1. The van der Waals surface area contributed by atoms with Crippen LogP contribution in [0.2, 0.25) is 0 Å². The summed E-state index contributed by atoms with van der Waals surface area (Å²) in [7, 11) is 1.85. The van der Waals surface area contributed by atoms with E-state index in [9.17, 15) is 4.79 Å². The molecule has 23 heavy (non-hydrogen) atoms. The van der Waals surface area contributed by atoms with Crippen molar-refractivity contribution >= 4 is 11.9 Å². The number of rotatable bonds is 6. The second kappa shape index (κ2) is 9.11. The molecule has 2 atom stereocenters. The molecule has 2 rings (SSSR count). The van der Waals surface area contributed by atoms with E-state index in [1.165, 1.54) is 32.5 Å². The minimum absolute atomic E-state index is 0.193. The largest absolute Gasteiger partial charge is 0.370 e. The van der Waals surface area contributed by atoms with Crippen LogP contribution in [-0.2, 0) is 4.79 Å². The fourth-order valence-corrected chi connectivity index (χ4v) is 3.88. The standard InChI is InChI=1S/C17H33N5O/c1-3-7-21-9-6-15(12-21)11-20-17(19-2)22-8-4-5-14(13-22)10-16(18)23/h14-15H,3-13H2,1-2H3,(H2,18,23)(H,19,20). The molecule has 2 fully saturated rings. The predicted octanol–water partition coefficient (Wildman–Crippen LogP) is 0.881. The van der Waals surface area contributed by atoms with Gasteiger partial charge in [-0.1, -0.05) is 6.92 Å². The van der Waals surface area contributed by atoms with E-state index < -0.39 is 0 Å². The highest BCUT2D eigenvalue weighted by Crippen LogP contribution is 2.20. The van der Waals surface area contributed by atoms with Crippen molar-refractivity contribution < 1.29 is 4.79 Å². The van der Waals surface area contributed by atoms with Crippen molar-refractivity contribution in [1.29, 1.82) is 0 Å². The summed E-state index contributed by atoms with van der Waals surface area (Å²) in [5, 5.41) is 3.55. The van der Waals surface area contributed by atoms with E-state index in [0.717, 1.165) is 38.4 Å². The van der Waals surface area contributed by atoms with Gasteiger partial charge in [0.25, 0.3) is 0 Å². The Morgan fingerprint density at radius 3 is 2.78 bits per heavy atom. The Labute approximate surface area is 140 Å². The number of carbonyl (C=O) groups is 1. The predicted molar refractivity (Wildman–Crippen MR) is 94.3 cm³/mol. The number of carbonyl (C=O) groups excluding carboxylic acids is 1. The molecular weight excluding hydrogens is 290 g/mol. The normalized spacial score (nSPS) is 26.5. The number of nitrogens with zero attached hydrogens (tertiary/aromatic N) is 3. The van der Waals surface area contributed by atoms with Gasteiger partial charge >= 0.3 is 0 Å². The number of primary amides is 1. The quantitative estimate of drug-likeness (QED) is 0.562. The Bertz CT molecular complexity index is 412. The van der Waals surface area contributed by atoms with Crippen LogP contribution in [0.1, 0.15) is 39.0 Å². The van der Waals surface area contributed by atoms with E-state index >= 15 is 0 Å². The van der Waals surface area contributed by atoms with Crippen molar-refractivity contribution in [3.8, 4) is 0 Å².